The number of halogens is 2. The molecule has 21 heavy (non-hydrogen) atoms. The van der Waals surface area contributed by atoms with E-state index >= 15 is 0 Å². The number of aromatic nitrogens is 2. The van der Waals surface area contributed by atoms with Crippen molar-refractivity contribution < 1.29 is 8.42 Å². The molecule has 114 valence electrons. The minimum atomic E-state index is -3.64. The topological polar surface area (TPSA) is 90.0 Å². The molecule has 1 aromatic heterocycles. The zero-order valence-corrected chi connectivity index (χ0v) is 15.2. The molecule has 9 heteroatoms. The zero-order chi connectivity index (χ0) is 15.6. The highest BCUT2D eigenvalue weighted by Gasteiger charge is 2.21. The van der Waals surface area contributed by atoms with Gasteiger partial charge >= 0.3 is 0 Å². The molecule has 0 radical (unpaired) electrons. The predicted octanol–water partition coefficient (Wildman–Crippen LogP) is 2.28. The molecule has 0 atom stereocenters. The average Bonchev–Trinajstić information content (AvgIpc) is 2.72. The smallest absolute Gasteiger partial charge is 0.242 e. The number of hydrogen-bond donors (Lipinski definition) is 2. The quantitative estimate of drug-likeness (QED) is 0.702. The average molecular weight is 438 g/mol. The Bertz CT molecular complexity index is 735. The molecule has 0 spiro atoms. The van der Waals surface area contributed by atoms with E-state index in [0.29, 0.717) is 21.2 Å². The molecule has 0 aliphatic heterocycles. The van der Waals surface area contributed by atoms with Crippen molar-refractivity contribution >= 4 is 47.6 Å². The molecule has 6 nitrogen and oxygen atoms in total. The van der Waals surface area contributed by atoms with Crippen molar-refractivity contribution in [1.29, 1.82) is 0 Å². The van der Waals surface area contributed by atoms with Gasteiger partial charge in [0, 0.05) is 27.4 Å². The van der Waals surface area contributed by atoms with Crippen LogP contribution >= 0.6 is 31.9 Å². The Morgan fingerprint density at radius 3 is 2.48 bits per heavy atom. The van der Waals surface area contributed by atoms with Gasteiger partial charge in [0.25, 0.3) is 0 Å². The molecular formula is C12H14Br2N4O2S. The van der Waals surface area contributed by atoms with E-state index in [0.717, 1.165) is 5.56 Å². The summed E-state index contributed by atoms with van der Waals surface area (Å²) < 4.78 is 29.7. The minimum Gasteiger partial charge on any atom is -0.399 e. The Balaban J connectivity index is 2.12. The standard InChI is InChI=1S/C12H14Br2N4O2S/c1-8-6-16-18(7-8)3-2-17-21(19,20)12-10(13)4-9(15)5-11(12)14/h4-7,17H,2-3,15H2,1H3. The summed E-state index contributed by atoms with van der Waals surface area (Å²) in [5, 5.41) is 4.10. The molecule has 0 aliphatic rings. The van der Waals surface area contributed by atoms with E-state index in [1.54, 1.807) is 23.0 Å². The third-order valence-electron chi connectivity index (χ3n) is 2.68. The highest BCUT2D eigenvalue weighted by molar-refractivity contribution is 9.11. The maximum Gasteiger partial charge on any atom is 0.242 e. The van der Waals surface area contributed by atoms with Gasteiger partial charge in [-0.3, -0.25) is 4.68 Å². The summed E-state index contributed by atoms with van der Waals surface area (Å²) in [4.78, 5) is 0.133. The lowest BCUT2D eigenvalue weighted by molar-refractivity contribution is 0.560. The van der Waals surface area contributed by atoms with E-state index in [9.17, 15) is 8.42 Å². The van der Waals surface area contributed by atoms with Crippen LogP contribution < -0.4 is 10.5 Å². The molecular weight excluding hydrogens is 424 g/mol. The second kappa shape index (κ2) is 6.47. The first-order chi connectivity index (χ1) is 9.79. The highest BCUT2D eigenvalue weighted by Crippen LogP contribution is 2.32. The van der Waals surface area contributed by atoms with Crippen molar-refractivity contribution in [2.75, 3.05) is 12.3 Å². The van der Waals surface area contributed by atoms with Crippen molar-refractivity contribution in [2.45, 2.75) is 18.4 Å². The summed E-state index contributed by atoms with van der Waals surface area (Å²) in [7, 11) is -3.64. The summed E-state index contributed by atoms with van der Waals surface area (Å²) in [6, 6.07) is 3.10. The first-order valence-electron chi connectivity index (χ1n) is 6.03. The number of sulfonamides is 1. The lowest BCUT2D eigenvalue weighted by Gasteiger charge is -2.11. The number of benzene rings is 1. The fraction of sp³-hybridized carbons (Fsp3) is 0.250. The molecule has 0 saturated heterocycles. The van der Waals surface area contributed by atoms with Crippen LogP contribution in [0.25, 0.3) is 0 Å². The molecule has 1 heterocycles. The molecule has 0 fully saturated rings. The van der Waals surface area contributed by atoms with Gasteiger partial charge in [-0.25, -0.2) is 13.1 Å². The third kappa shape index (κ3) is 4.06. The second-order valence-corrected chi connectivity index (χ2v) is 7.90. The molecule has 2 rings (SSSR count). The van der Waals surface area contributed by atoms with Gasteiger partial charge < -0.3 is 5.73 Å². The Labute approximate surface area is 140 Å². The van der Waals surface area contributed by atoms with Crippen LogP contribution in [0.15, 0.2) is 38.4 Å². The van der Waals surface area contributed by atoms with Crippen molar-refractivity contribution in [3.05, 3.63) is 39.0 Å². The van der Waals surface area contributed by atoms with E-state index in [1.807, 2.05) is 13.1 Å². The lowest BCUT2D eigenvalue weighted by atomic mass is 10.3. The molecule has 0 unspecified atom stereocenters. The number of nitrogen functional groups attached to an aromatic ring is 1. The van der Waals surface area contributed by atoms with Crippen molar-refractivity contribution in [1.82, 2.24) is 14.5 Å². The number of nitrogens with zero attached hydrogens (tertiary/aromatic N) is 2. The number of nitrogens with one attached hydrogen (secondary N) is 1. The first-order valence-corrected chi connectivity index (χ1v) is 9.10. The van der Waals surface area contributed by atoms with Crippen LogP contribution in [0.1, 0.15) is 5.56 Å². The van der Waals surface area contributed by atoms with Gasteiger partial charge in [-0.05, 0) is 56.5 Å². The second-order valence-electron chi connectivity index (χ2n) is 4.49. The molecule has 0 saturated carbocycles. The van der Waals surface area contributed by atoms with Gasteiger partial charge in [-0.15, -0.1) is 0 Å². The van der Waals surface area contributed by atoms with Crippen LogP contribution in [0, 0.1) is 6.92 Å². The fourth-order valence-corrected chi connectivity index (χ4v) is 5.43. The summed E-state index contributed by atoms with van der Waals surface area (Å²) >= 11 is 6.45. The maximum absolute atomic E-state index is 12.3. The van der Waals surface area contributed by atoms with E-state index in [1.165, 1.54) is 0 Å². The number of nitrogens with two attached hydrogens (primary N) is 1. The van der Waals surface area contributed by atoms with Crippen LogP contribution in [0.2, 0.25) is 0 Å². The van der Waals surface area contributed by atoms with Gasteiger partial charge in [0.2, 0.25) is 10.0 Å². The SMILES string of the molecule is Cc1cnn(CCNS(=O)(=O)c2c(Br)cc(N)cc2Br)c1. The summed E-state index contributed by atoms with van der Waals surface area (Å²) in [6.45, 7) is 2.63. The molecule has 0 aliphatic carbocycles. The summed E-state index contributed by atoms with van der Waals surface area (Å²) in [6.07, 6.45) is 3.57. The lowest BCUT2D eigenvalue weighted by Crippen LogP contribution is -2.28. The number of aryl methyl sites for hydroxylation is 1. The molecule has 3 N–H and O–H groups in total. The predicted molar refractivity (Wildman–Crippen MR) is 88.4 cm³/mol. The fourth-order valence-electron chi connectivity index (χ4n) is 1.79. The van der Waals surface area contributed by atoms with Crippen molar-refractivity contribution in [2.24, 2.45) is 0 Å². The minimum absolute atomic E-state index is 0.133. The molecule has 0 bridgehead atoms. The Morgan fingerprint density at radius 1 is 1.33 bits per heavy atom. The van der Waals surface area contributed by atoms with Gasteiger partial charge in [0.1, 0.15) is 4.90 Å². The molecule has 1 aromatic carbocycles. The number of anilines is 1. The van der Waals surface area contributed by atoms with Crippen LogP contribution in [0.4, 0.5) is 5.69 Å². The molecule has 0 amide bonds. The van der Waals surface area contributed by atoms with E-state index in [4.69, 9.17) is 5.73 Å². The number of hydrogen-bond acceptors (Lipinski definition) is 4. The van der Waals surface area contributed by atoms with E-state index in [-0.39, 0.29) is 11.4 Å². The van der Waals surface area contributed by atoms with E-state index in [2.05, 4.69) is 41.7 Å². The monoisotopic (exact) mass is 436 g/mol. The van der Waals surface area contributed by atoms with Crippen LogP contribution in [-0.4, -0.2) is 24.7 Å². The van der Waals surface area contributed by atoms with Gasteiger partial charge in [-0.1, -0.05) is 0 Å². The highest BCUT2D eigenvalue weighted by atomic mass is 79.9. The van der Waals surface area contributed by atoms with E-state index < -0.39 is 10.0 Å². The van der Waals surface area contributed by atoms with Gasteiger partial charge in [0.15, 0.2) is 0 Å². The summed E-state index contributed by atoms with van der Waals surface area (Å²) in [5.74, 6) is 0. The largest absolute Gasteiger partial charge is 0.399 e. The normalized spacial score (nSPS) is 11.8. The van der Waals surface area contributed by atoms with Crippen LogP contribution in [-0.2, 0) is 16.6 Å². The molecule has 2 aromatic rings. The third-order valence-corrected chi connectivity index (χ3v) is 6.02. The van der Waals surface area contributed by atoms with Crippen molar-refractivity contribution in [3.63, 3.8) is 0 Å². The Morgan fingerprint density at radius 2 is 1.95 bits per heavy atom. The Hall–Kier alpha value is -0.900. The van der Waals surface area contributed by atoms with Gasteiger partial charge in [-0.2, -0.15) is 5.10 Å². The van der Waals surface area contributed by atoms with Crippen LogP contribution in [0.3, 0.4) is 0 Å². The summed E-state index contributed by atoms with van der Waals surface area (Å²) in [5.41, 5.74) is 7.16. The van der Waals surface area contributed by atoms with Crippen molar-refractivity contribution in [3.8, 4) is 0 Å². The van der Waals surface area contributed by atoms with Crippen LogP contribution in [0.5, 0.6) is 0 Å². The van der Waals surface area contributed by atoms with Gasteiger partial charge in [0.05, 0.1) is 12.7 Å². The number of rotatable bonds is 5. The maximum atomic E-state index is 12.3. The first kappa shape index (κ1) is 16.5. The Kier molecular flexibility index (Phi) is 5.07. The zero-order valence-electron chi connectivity index (χ0n) is 11.2.